The number of nitrogen functional groups attached to an aromatic ring is 1. The number of anilines is 2. The largest absolute Gasteiger partial charge is 0.398 e. The van der Waals surface area contributed by atoms with Gasteiger partial charge in [-0.3, -0.25) is 4.79 Å². The molecular formula is C12H14N4O. The van der Waals surface area contributed by atoms with Crippen LogP contribution in [0.4, 0.5) is 11.4 Å². The van der Waals surface area contributed by atoms with Gasteiger partial charge in [-0.15, -0.1) is 0 Å². The van der Waals surface area contributed by atoms with Crippen LogP contribution in [0.3, 0.4) is 0 Å². The monoisotopic (exact) mass is 230 g/mol. The fourth-order valence-corrected chi connectivity index (χ4v) is 2.20. The Morgan fingerprint density at radius 3 is 2.88 bits per heavy atom. The van der Waals surface area contributed by atoms with Crippen LogP contribution in [0.25, 0.3) is 0 Å². The number of nitrogens with zero attached hydrogens (tertiary/aromatic N) is 2. The molecule has 0 aliphatic carbocycles. The first kappa shape index (κ1) is 11.3. The lowest BCUT2D eigenvalue weighted by Crippen LogP contribution is -2.40. The number of primary amides is 1. The van der Waals surface area contributed by atoms with Gasteiger partial charge in [-0.1, -0.05) is 0 Å². The summed E-state index contributed by atoms with van der Waals surface area (Å²) in [5.74, 6) is -0.314. The van der Waals surface area contributed by atoms with E-state index in [0.29, 0.717) is 11.3 Å². The number of hydrogen-bond donors (Lipinski definition) is 2. The Balaban J connectivity index is 2.31. The molecule has 1 aliphatic rings. The molecule has 1 atom stereocenters. The van der Waals surface area contributed by atoms with Crippen LogP contribution < -0.4 is 16.4 Å². The fourth-order valence-electron chi connectivity index (χ4n) is 2.20. The van der Waals surface area contributed by atoms with Gasteiger partial charge in [0.1, 0.15) is 12.1 Å². The molecule has 0 saturated carbocycles. The second-order valence-corrected chi connectivity index (χ2v) is 4.14. The van der Waals surface area contributed by atoms with Crippen molar-refractivity contribution in [3.8, 4) is 6.07 Å². The minimum atomic E-state index is -0.314. The maximum atomic E-state index is 11.3. The second-order valence-electron chi connectivity index (χ2n) is 4.14. The van der Waals surface area contributed by atoms with Gasteiger partial charge in [0.25, 0.3) is 0 Å². The number of hydrogen-bond acceptors (Lipinski definition) is 4. The van der Waals surface area contributed by atoms with Gasteiger partial charge < -0.3 is 16.4 Å². The third-order valence-electron chi connectivity index (χ3n) is 3.07. The van der Waals surface area contributed by atoms with Crippen molar-refractivity contribution in [2.24, 2.45) is 5.73 Å². The molecule has 0 spiro atoms. The molecule has 5 nitrogen and oxygen atoms in total. The van der Waals surface area contributed by atoms with E-state index in [4.69, 9.17) is 16.7 Å². The first-order valence-electron chi connectivity index (χ1n) is 5.49. The van der Waals surface area contributed by atoms with Gasteiger partial charge in [0.15, 0.2) is 0 Å². The fraction of sp³-hybridized carbons (Fsp3) is 0.333. The lowest BCUT2D eigenvalue weighted by atomic mass is 10.1. The van der Waals surface area contributed by atoms with Crippen LogP contribution in [0.15, 0.2) is 18.2 Å². The number of nitriles is 1. The lowest BCUT2D eigenvalue weighted by Gasteiger charge is -2.24. The Morgan fingerprint density at radius 2 is 2.29 bits per heavy atom. The molecule has 2 rings (SSSR count). The molecule has 5 heteroatoms. The molecule has 0 radical (unpaired) electrons. The zero-order valence-electron chi connectivity index (χ0n) is 9.39. The predicted octanol–water partition coefficient (Wildman–Crippen LogP) is 0.595. The number of rotatable bonds is 2. The lowest BCUT2D eigenvalue weighted by molar-refractivity contribution is -0.119. The maximum absolute atomic E-state index is 11.3. The van der Waals surface area contributed by atoms with Crippen LogP contribution in [-0.4, -0.2) is 18.5 Å². The van der Waals surface area contributed by atoms with E-state index < -0.39 is 0 Å². The van der Waals surface area contributed by atoms with E-state index in [-0.39, 0.29) is 11.9 Å². The number of nitrogens with two attached hydrogens (primary N) is 2. The van der Waals surface area contributed by atoms with Crippen molar-refractivity contribution in [3.05, 3.63) is 23.8 Å². The first-order valence-corrected chi connectivity index (χ1v) is 5.49. The number of amides is 1. The highest BCUT2D eigenvalue weighted by atomic mass is 16.1. The molecule has 1 aliphatic heterocycles. The van der Waals surface area contributed by atoms with Crippen molar-refractivity contribution >= 4 is 17.3 Å². The molecule has 17 heavy (non-hydrogen) atoms. The zero-order valence-corrected chi connectivity index (χ0v) is 9.39. The summed E-state index contributed by atoms with van der Waals surface area (Å²) < 4.78 is 0. The van der Waals surface area contributed by atoms with Crippen LogP contribution >= 0.6 is 0 Å². The number of benzene rings is 1. The van der Waals surface area contributed by atoms with Crippen molar-refractivity contribution in [3.63, 3.8) is 0 Å². The average Bonchev–Trinajstić information content (AvgIpc) is 2.77. The van der Waals surface area contributed by atoms with E-state index in [0.717, 1.165) is 25.1 Å². The summed E-state index contributed by atoms with van der Waals surface area (Å²) in [6.45, 7) is 0.791. The molecule has 1 fully saturated rings. The van der Waals surface area contributed by atoms with Crippen LogP contribution in [0, 0.1) is 11.3 Å². The van der Waals surface area contributed by atoms with Crippen molar-refractivity contribution in [2.45, 2.75) is 18.9 Å². The standard InChI is InChI=1S/C12H14N4O/c13-7-8-3-4-9(6-10(8)14)16-5-1-2-11(16)12(15)17/h3-4,6,11H,1-2,5,14H2,(H2,15,17). The van der Waals surface area contributed by atoms with Gasteiger partial charge in [-0.2, -0.15) is 5.26 Å². The van der Waals surface area contributed by atoms with Crippen molar-refractivity contribution < 1.29 is 4.79 Å². The quantitative estimate of drug-likeness (QED) is 0.727. The Hall–Kier alpha value is -2.22. The molecular weight excluding hydrogens is 216 g/mol. The maximum Gasteiger partial charge on any atom is 0.240 e. The molecule has 0 aromatic heterocycles. The summed E-state index contributed by atoms with van der Waals surface area (Å²) >= 11 is 0. The van der Waals surface area contributed by atoms with Crippen LogP contribution in [0.2, 0.25) is 0 Å². The highest BCUT2D eigenvalue weighted by Crippen LogP contribution is 2.28. The Labute approximate surface area is 99.6 Å². The molecule has 0 bridgehead atoms. The highest BCUT2D eigenvalue weighted by molar-refractivity contribution is 5.84. The molecule has 1 heterocycles. The van der Waals surface area contributed by atoms with Crippen molar-refractivity contribution in [1.29, 1.82) is 5.26 Å². The van der Waals surface area contributed by atoms with Gasteiger partial charge in [0.2, 0.25) is 5.91 Å². The average molecular weight is 230 g/mol. The van der Waals surface area contributed by atoms with Crippen LogP contribution in [0.5, 0.6) is 0 Å². The molecule has 1 aromatic carbocycles. The molecule has 88 valence electrons. The number of carbonyl (C=O) groups is 1. The smallest absolute Gasteiger partial charge is 0.240 e. The van der Waals surface area contributed by atoms with Gasteiger partial charge in [0, 0.05) is 12.2 Å². The Kier molecular flexibility index (Phi) is 2.88. The summed E-state index contributed by atoms with van der Waals surface area (Å²) in [5.41, 5.74) is 12.8. The van der Waals surface area contributed by atoms with E-state index in [1.54, 1.807) is 18.2 Å². The van der Waals surface area contributed by atoms with Crippen molar-refractivity contribution in [2.75, 3.05) is 17.2 Å². The summed E-state index contributed by atoms with van der Waals surface area (Å²) in [7, 11) is 0. The zero-order chi connectivity index (χ0) is 12.4. The Bertz CT molecular complexity index is 492. The van der Waals surface area contributed by atoms with Gasteiger partial charge in [0.05, 0.1) is 11.3 Å². The van der Waals surface area contributed by atoms with Gasteiger partial charge >= 0.3 is 0 Å². The third kappa shape index (κ3) is 2.02. The van der Waals surface area contributed by atoms with E-state index in [1.807, 2.05) is 11.0 Å². The molecule has 1 amide bonds. The van der Waals surface area contributed by atoms with Crippen molar-refractivity contribution in [1.82, 2.24) is 0 Å². The van der Waals surface area contributed by atoms with Gasteiger partial charge in [-0.25, -0.2) is 0 Å². The highest BCUT2D eigenvalue weighted by Gasteiger charge is 2.29. The minimum Gasteiger partial charge on any atom is -0.398 e. The van der Waals surface area contributed by atoms with Crippen LogP contribution in [-0.2, 0) is 4.79 Å². The van der Waals surface area contributed by atoms with E-state index in [2.05, 4.69) is 0 Å². The Morgan fingerprint density at radius 1 is 1.53 bits per heavy atom. The molecule has 1 saturated heterocycles. The second kappa shape index (κ2) is 4.34. The van der Waals surface area contributed by atoms with Crippen LogP contribution in [0.1, 0.15) is 18.4 Å². The van der Waals surface area contributed by atoms with E-state index in [1.165, 1.54) is 0 Å². The first-order chi connectivity index (χ1) is 8.13. The summed E-state index contributed by atoms with van der Waals surface area (Å²) in [4.78, 5) is 13.2. The summed E-state index contributed by atoms with van der Waals surface area (Å²) in [5, 5.41) is 8.80. The number of carbonyl (C=O) groups excluding carboxylic acids is 1. The third-order valence-corrected chi connectivity index (χ3v) is 3.07. The normalized spacial score (nSPS) is 19.0. The summed E-state index contributed by atoms with van der Waals surface area (Å²) in [6.07, 6.45) is 1.71. The topological polar surface area (TPSA) is 96.1 Å². The molecule has 1 unspecified atom stereocenters. The van der Waals surface area contributed by atoms with E-state index in [9.17, 15) is 4.79 Å². The summed E-state index contributed by atoms with van der Waals surface area (Å²) in [6, 6.07) is 6.94. The van der Waals surface area contributed by atoms with E-state index >= 15 is 0 Å². The molecule has 4 N–H and O–H groups in total. The van der Waals surface area contributed by atoms with Gasteiger partial charge in [-0.05, 0) is 31.0 Å². The predicted molar refractivity (Wildman–Crippen MR) is 65.1 cm³/mol. The molecule has 1 aromatic rings. The minimum absolute atomic E-state index is 0.262. The SMILES string of the molecule is N#Cc1ccc(N2CCCC2C(N)=O)cc1N.